The van der Waals surface area contributed by atoms with E-state index in [9.17, 15) is 8.78 Å². The monoisotopic (exact) mass is 200 g/mol. The Kier molecular flexibility index (Phi) is 3.86. The molecule has 0 aliphatic heterocycles. The fraction of sp³-hybridized carbons (Fsp3) is 0.455. The van der Waals surface area contributed by atoms with Gasteiger partial charge in [-0.05, 0) is 23.6 Å². The fourth-order valence-electron chi connectivity index (χ4n) is 1.16. The molecule has 0 saturated carbocycles. The van der Waals surface area contributed by atoms with E-state index in [4.69, 9.17) is 4.74 Å². The number of benzene rings is 1. The minimum absolute atomic E-state index is 0.0268. The summed E-state index contributed by atoms with van der Waals surface area (Å²) in [6, 6.07) is 4.47. The first kappa shape index (κ1) is 11.0. The average molecular weight is 200 g/mol. The third-order valence-corrected chi connectivity index (χ3v) is 1.91. The summed E-state index contributed by atoms with van der Waals surface area (Å²) in [7, 11) is 0. The fourth-order valence-corrected chi connectivity index (χ4v) is 1.16. The molecule has 1 aromatic carbocycles. The van der Waals surface area contributed by atoms with Gasteiger partial charge in [-0.3, -0.25) is 0 Å². The normalized spacial score (nSPS) is 10.6. The van der Waals surface area contributed by atoms with Gasteiger partial charge >= 0.3 is 0 Å². The Hall–Kier alpha value is -1.12. The van der Waals surface area contributed by atoms with Gasteiger partial charge in [-0.15, -0.1) is 0 Å². The lowest BCUT2D eigenvalue weighted by molar-refractivity contribution is 0.272. The van der Waals surface area contributed by atoms with Crippen molar-refractivity contribution in [2.75, 3.05) is 13.3 Å². The Morgan fingerprint density at radius 3 is 2.57 bits per heavy atom. The number of hydrogen-bond acceptors (Lipinski definition) is 1. The average Bonchev–Trinajstić information content (AvgIpc) is 2.14. The molecule has 0 amide bonds. The molecular weight excluding hydrogens is 186 g/mol. The van der Waals surface area contributed by atoms with Gasteiger partial charge < -0.3 is 4.74 Å². The summed E-state index contributed by atoms with van der Waals surface area (Å²) in [5.41, 5.74) is 0.860. The van der Waals surface area contributed by atoms with Crippen LogP contribution in [0.2, 0.25) is 0 Å². The van der Waals surface area contributed by atoms with E-state index in [0.29, 0.717) is 5.75 Å². The molecule has 0 aliphatic rings. The van der Waals surface area contributed by atoms with Crippen molar-refractivity contribution in [3.63, 3.8) is 0 Å². The summed E-state index contributed by atoms with van der Waals surface area (Å²) in [5.74, 6) is 0.287. The molecule has 0 bridgehead atoms. The van der Waals surface area contributed by atoms with Gasteiger partial charge in [0.25, 0.3) is 0 Å². The van der Waals surface area contributed by atoms with E-state index in [0.717, 1.165) is 5.56 Å². The van der Waals surface area contributed by atoms with Crippen molar-refractivity contribution in [3.8, 4) is 5.75 Å². The van der Waals surface area contributed by atoms with Crippen molar-refractivity contribution in [2.24, 2.45) is 0 Å². The number of rotatable bonds is 4. The lowest BCUT2D eigenvalue weighted by Gasteiger charge is -2.09. The van der Waals surface area contributed by atoms with Crippen molar-refractivity contribution >= 4 is 0 Å². The molecule has 0 spiro atoms. The smallest absolute Gasteiger partial charge is 0.127 e. The van der Waals surface area contributed by atoms with E-state index in [-0.39, 0.29) is 18.3 Å². The molecule has 0 saturated heterocycles. The minimum Gasteiger partial charge on any atom is -0.491 e. The second-order valence-corrected chi connectivity index (χ2v) is 3.41. The molecule has 0 aromatic heterocycles. The highest BCUT2D eigenvalue weighted by Gasteiger charge is 2.04. The molecule has 0 heterocycles. The summed E-state index contributed by atoms with van der Waals surface area (Å²) in [6.07, 6.45) is 0. The second kappa shape index (κ2) is 4.94. The lowest BCUT2D eigenvalue weighted by atomic mass is 10.0. The van der Waals surface area contributed by atoms with Gasteiger partial charge in [-0.2, -0.15) is 0 Å². The Morgan fingerprint density at radius 2 is 2.00 bits per heavy atom. The maximum absolute atomic E-state index is 13.0. The van der Waals surface area contributed by atoms with Crippen molar-refractivity contribution in [1.82, 2.24) is 0 Å². The Bertz CT molecular complexity index is 297. The lowest BCUT2D eigenvalue weighted by Crippen LogP contribution is -2.00. The van der Waals surface area contributed by atoms with Crippen LogP contribution in [-0.2, 0) is 0 Å². The van der Waals surface area contributed by atoms with Crippen LogP contribution in [0.4, 0.5) is 8.78 Å². The summed E-state index contributed by atoms with van der Waals surface area (Å²) in [6.45, 7) is 3.34. The second-order valence-electron chi connectivity index (χ2n) is 3.41. The molecule has 0 aliphatic carbocycles. The predicted octanol–water partition coefficient (Wildman–Crippen LogP) is 3.30. The van der Waals surface area contributed by atoms with Crippen LogP contribution in [0.3, 0.4) is 0 Å². The zero-order valence-electron chi connectivity index (χ0n) is 8.39. The van der Waals surface area contributed by atoms with E-state index in [1.165, 1.54) is 12.1 Å². The highest BCUT2D eigenvalue weighted by molar-refractivity contribution is 5.31. The van der Waals surface area contributed by atoms with Crippen LogP contribution in [0.5, 0.6) is 5.75 Å². The summed E-state index contributed by atoms with van der Waals surface area (Å²) in [4.78, 5) is 0. The highest BCUT2D eigenvalue weighted by Crippen LogP contribution is 2.22. The largest absolute Gasteiger partial charge is 0.491 e. The topological polar surface area (TPSA) is 9.23 Å². The van der Waals surface area contributed by atoms with Crippen molar-refractivity contribution in [3.05, 3.63) is 29.6 Å². The maximum Gasteiger partial charge on any atom is 0.127 e. The van der Waals surface area contributed by atoms with Crippen LogP contribution in [0.1, 0.15) is 25.3 Å². The summed E-state index contributed by atoms with van der Waals surface area (Å²) in [5, 5.41) is 0. The Morgan fingerprint density at radius 1 is 1.29 bits per heavy atom. The van der Waals surface area contributed by atoms with Crippen molar-refractivity contribution in [2.45, 2.75) is 19.8 Å². The van der Waals surface area contributed by atoms with E-state index in [2.05, 4.69) is 0 Å². The van der Waals surface area contributed by atoms with Gasteiger partial charge in [-0.25, -0.2) is 8.78 Å². The molecular formula is C11H14F2O. The van der Waals surface area contributed by atoms with E-state index in [1.54, 1.807) is 6.07 Å². The molecule has 0 unspecified atom stereocenters. The first-order chi connectivity index (χ1) is 6.63. The third-order valence-electron chi connectivity index (χ3n) is 1.91. The third kappa shape index (κ3) is 2.98. The van der Waals surface area contributed by atoms with E-state index >= 15 is 0 Å². The van der Waals surface area contributed by atoms with Crippen LogP contribution in [-0.4, -0.2) is 13.3 Å². The first-order valence-electron chi connectivity index (χ1n) is 4.62. The molecule has 0 N–H and O–H groups in total. The molecule has 1 rings (SSSR count). The Balaban J connectivity index is 2.84. The van der Waals surface area contributed by atoms with Gasteiger partial charge in [0, 0.05) is 6.07 Å². The minimum atomic E-state index is -0.562. The molecule has 14 heavy (non-hydrogen) atoms. The quantitative estimate of drug-likeness (QED) is 0.724. The first-order valence-corrected chi connectivity index (χ1v) is 4.62. The number of halogens is 2. The van der Waals surface area contributed by atoms with Gasteiger partial charge in [0.15, 0.2) is 0 Å². The molecule has 78 valence electrons. The summed E-state index contributed by atoms with van der Waals surface area (Å²) >= 11 is 0. The molecule has 0 radical (unpaired) electrons. The van der Waals surface area contributed by atoms with E-state index in [1.807, 2.05) is 13.8 Å². The molecule has 0 atom stereocenters. The molecule has 3 heteroatoms. The SMILES string of the molecule is CC(C)c1cc(F)cc(OCCF)c1. The van der Waals surface area contributed by atoms with Gasteiger partial charge in [0.2, 0.25) is 0 Å². The maximum atomic E-state index is 13.0. The zero-order valence-corrected chi connectivity index (χ0v) is 8.39. The van der Waals surface area contributed by atoms with Crippen molar-refractivity contribution in [1.29, 1.82) is 0 Å². The number of hydrogen-bond donors (Lipinski definition) is 0. The van der Waals surface area contributed by atoms with Gasteiger partial charge in [0.1, 0.15) is 24.8 Å². The summed E-state index contributed by atoms with van der Waals surface area (Å²) < 4.78 is 29.9. The molecule has 0 fully saturated rings. The Labute approximate surface area is 82.7 Å². The predicted molar refractivity (Wildman–Crippen MR) is 52.0 cm³/mol. The molecule has 1 nitrogen and oxygen atoms in total. The van der Waals surface area contributed by atoms with Gasteiger partial charge in [0.05, 0.1) is 0 Å². The van der Waals surface area contributed by atoms with Crippen LogP contribution in [0.25, 0.3) is 0 Å². The van der Waals surface area contributed by atoms with Crippen LogP contribution in [0, 0.1) is 5.82 Å². The molecule has 1 aromatic rings. The van der Waals surface area contributed by atoms with E-state index < -0.39 is 6.67 Å². The highest BCUT2D eigenvalue weighted by atomic mass is 19.1. The van der Waals surface area contributed by atoms with Crippen LogP contribution >= 0.6 is 0 Å². The number of alkyl halides is 1. The zero-order chi connectivity index (χ0) is 10.6. The number of ether oxygens (including phenoxy) is 1. The van der Waals surface area contributed by atoms with Crippen LogP contribution < -0.4 is 4.74 Å². The van der Waals surface area contributed by atoms with Crippen LogP contribution in [0.15, 0.2) is 18.2 Å². The van der Waals surface area contributed by atoms with Gasteiger partial charge in [-0.1, -0.05) is 13.8 Å². The standard InChI is InChI=1S/C11H14F2O/c1-8(2)9-5-10(13)7-11(6-9)14-4-3-12/h5-8H,3-4H2,1-2H3. The van der Waals surface area contributed by atoms with Crippen molar-refractivity contribution < 1.29 is 13.5 Å².